The fraction of sp³-hybridized carbons (Fsp3) is 0.222. The molecule has 0 spiro atoms. The molecule has 24 heavy (non-hydrogen) atoms. The van der Waals surface area contributed by atoms with Crippen molar-refractivity contribution in [1.82, 2.24) is 9.55 Å². The van der Waals surface area contributed by atoms with Gasteiger partial charge in [-0.3, -0.25) is 9.36 Å². The van der Waals surface area contributed by atoms with E-state index in [1.54, 1.807) is 37.4 Å². The molecule has 0 unspecified atom stereocenters. The van der Waals surface area contributed by atoms with Crippen molar-refractivity contribution in [3.05, 3.63) is 70.5 Å². The van der Waals surface area contributed by atoms with Crippen LogP contribution in [0.25, 0.3) is 10.9 Å². The lowest BCUT2D eigenvalue weighted by molar-refractivity contribution is 0.186. The third-order valence-electron chi connectivity index (χ3n) is 3.63. The Kier molecular flexibility index (Phi) is 4.86. The number of ether oxygens (including phenoxy) is 2. The van der Waals surface area contributed by atoms with E-state index in [-0.39, 0.29) is 18.0 Å². The molecule has 0 saturated carbocycles. The summed E-state index contributed by atoms with van der Waals surface area (Å²) < 4.78 is 25.3. The molecule has 0 fully saturated rings. The maximum absolute atomic E-state index is 13.2. The lowest BCUT2D eigenvalue weighted by Gasteiger charge is -2.09. The van der Waals surface area contributed by atoms with Crippen LogP contribution in [0.4, 0.5) is 4.39 Å². The van der Waals surface area contributed by atoms with Crippen molar-refractivity contribution in [3.63, 3.8) is 0 Å². The molecule has 0 aliphatic heterocycles. The number of fused-ring (bicyclic) bond motifs is 1. The van der Waals surface area contributed by atoms with Gasteiger partial charge in [-0.25, -0.2) is 9.37 Å². The Balaban J connectivity index is 1.80. The maximum atomic E-state index is 13.2. The zero-order chi connectivity index (χ0) is 16.9. The molecule has 2 aromatic carbocycles. The van der Waals surface area contributed by atoms with Crippen molar-refractivity contribution in [2.45, 2.75) is 13.2 Å². The van der Waals surface area contributed by atoms with Crippen LogP contribution in [0, 0.1) is 5.82 Å². The molecule has 1 aromatic heterocycles. The fourth-order valence-electron chi connectivity index (χ4n) is 2.37. The van der Waals surface area contributed by atoms with Gasteiger partial charge < -0.3 is 9.47 Å². The number of methoxy groups -OCH3 is 1. The molecule has 0 N–H and O–H groups in total. The Morgan fingerprint density at radius 3 is 2.88 bits per heavy atom. The first kappa shape index (κ1) is 16.1. The summed E-state index contributed by atoms with van der Waals surface area (Å²) in [5.41, 5.74) is 1.18. The van der Waals surface area contributed by atoms with Gasteiger partial charge in [0.1, 0.15) is 18.2 Å². The minimum absolute atomic E-state index is 0.117. The summed E-state index contributed by atoms with van der Waals surface area (Å²) in [7, 11) is 1.59. The van der Waals surface area contributed by atoms with Gasteiger partial charge in [-0.15, -0.1) is 0 Å². The second-order valence-corrected chi connectivity index (χ2v) is 5.33. The Bertz CT molecular complexity index is 908. The molecule has 3 aromatic rings. The molecule has 0 amide bonds. The van der Waals surface area contributed by atoms with E-state index in [0.29, 0.717) is 29.8 Å². The van der Waals surface area contributed by atoms with Crippen LogP contribution in [0.5, 0.6) is 5.75 Å². The van der Waals surface area contributed by atoms with E-state index in [4.69, 9.17) is 9.47 Å². The average molecular weight is 328 g/mol. The highest BCUT2D eigenvalue weighted by atomic mass is 19.1. The molecule has 1 heterocycles. The summed E-state index contributed by atoms with van der Waals surface area (Å²) in [6, 6.07) is 11.3. The number of benzene rings is 2. The molecule has 0 radical (unpaired) electrons. The van der Waals surface area contributed by atoms with Crippen LogP contribution in [0.2, 0.25) is 0 Å². The summed E-state index contributed by atoms with van der Waals surface area (Å²) >= 11 is 0. The molecule has 3 rings (SSSR count). The van der Waals surface area contributed by atoms with E-state index in [1.807, 2.05) is 0 Å². The minimum Gasteiger partial charge on any atom is -0.489 e. The van der Waals surface area contributed by atoms with Gasteiger partial charge in [-0.05, 0) is 29.8 Å². The Hall–Kier alpha value is -2.73. The third kappa shape index (κ3) is 3.60. The van der Waals surface area contributed by atoms with E-state index in [2.05, 4.69) is 4.98 Å². The first-order valence-corrected chi connectivity index (χ1v) is 7.53. The second kappa shape index (κ2) is 7.23. The number of rotatable bonds is 6. The zero-order valence-electron chi connectivity index (χ0n) is 13.2. The van der Waals surface area contributed by atoms with Crippen molar-refractivity contribution < 1.29 is 13.9 Å². The van der Waals surface area contributed by atoms with Crippen LogP contribution in [0.3, 0.4) is 0 Å². The minimum atomic E-state index is -0.298. The van der Waals surface area contributed by atoms with E-state index in [0.717, 1.165) is 5.56 Å². The molecule has 0 aliphatic carbocycles. The SMILES string of the molecule is COCCn1cnc2cc(OCc3cccc(F)c3)ccc2c1=O. The van der Waals surface area contributed by atoms with Gasteiger partial charge in [0.25, 0.3) is 5.56 Å². The summed E-state index contributed by atoms with van der Waals surface area (Å²) in [5.74, 6) is 0.279. The first-order valence-electron chi connectivity index (χ1n) is 7.53. The van der Waals surface area contributed by atoms with Gasteiger partial charge in [-0.2, -0.15) is 0 Å². The van der Waals surface area contributed by atoms with E-state index < -0.39 is 0 Å². The highest BCUT2D eigenvalue weighted by Gasteiger charge is 2.06. The quantitative estimate of drug-likeness (QED) is 0.698. The molecular formula is C18H17FN2O3. The van der Waals surface area contributed by atoms with Crippen molar-refractivity contribution >= 4 is 10.9 Å². The highest BCUT2D eigenvalue weighted by molar-refractivity contribution is 5.78. The van der Waals surface area contributed by atoms with Crippen LogP contribution >= 0.6 is 0 Å². The summed E-state index contributed by atoms with van der Waals surface area (Å²) in [6.07, 6.45) is 1.50. The Morgan fingerprint density at radius 1 is 1.21 bits per heavy atom. The Labute approximate surface area is 138 Å². The summed E-state index contributed by atoms with van der Waals surface area (Å²) in [5, 5.41) is 0.520. The molecule has 0 atom stereocenters. The summed E-state index contributed by atoms with van der Waals surface area (Å²) in [6.45, 7) is 1.15. The van der Waals surface area contributed by atoms with Crippen LogP contribution in [0.1, 0.15) is 5.56 Å². The van der Waals surface area contributed by atoms with Crippen molar-refractivity contribution in [2.75, 3.05) is 13.7 Å². The number of hydrogen-bond acceptors (Lipinski definition) is 4. The largest absolute Gasteiger partial charge is 0.489 e. The third-order valence-corrected chi connectivity index (χ3v) is 3.63. The fourth-order valence-corrected chi connectivity index (χ4v) is 2.37. The maximum Gasteiger partial charge on any atom is 0.261 e. The number of nitrogens with zero attached hydrogens (tertiary/aromatic N) is 2. The average Bonchev–Trinajstić information content (AvgIpc) is 2.59. The monoisotopic (exact) mass is 328 g/mol. The predicted octanol–water partition coefficient (Wildman–Crippen LogP) is 2.76. The predicted molar refractivity (Wildman–Crippen MR) is 88.6 cm³/mol. The molecule has 0 aliphatic rings. The highest BCUT2D eigenvalue weighted by Crippen LogP contribution is 2.18. The van der Waals surface area contributed by atoms with Gasteiger partial charge in [0.15, 0.2) is 0 Å². The van der Waals surface area contributed by atoms with Gasteiger partial charge in [-0.1, -0.05) is 12.1 Å². The standard InChI is InChI=1S/C18H17FN2O3/c1-23-8-7-21-12-20-17-10-15(5-6-16(17)18(21)22)24-11-13-3-2-4-14(19)9-13/h2-6,9-10,12H,7-8,11H2,1H3. The molecular weight excluding hydrogens is 311 g/mol. The number of aromatic nitrogens is 2. The van der Waals surface area contributed by atoms with E-state index in [1.165, 1.54) is 23.0 Å². The lowest BCUT2D eigenvalue weighted by atomic mass is 10.2. The molecule has 124 valence electrons. The van der Waals surface area contributed by atoms with Crippen LogP contribution in [0.15, 0.2) is 53.6 Å². The smallest absolute Gasteiger partial charge is 0.261 e. The number of halogens is 1. The van der Waals surface area contributed by atoms with Crippen LogP contribution < -0.4 is 10.3 Å². The zero-order valence-corrected chi connectivity index (χ0v) is 13.2. The van der Waals surface area contributed by atoms with Gasteiger partial charge in [0.05, 0.1) is 30.4 Å². The van der Waals surface area contributed by atoms with E-state index >= 15 is 0 Å². The van der Waals surface area contributed by atoms with Crippen LogP contribution in [-0.2, 0) is 17.9 Å². The second-order valence-electron chi connectivity index (χ2n) is 5.33. The number of hydrogen-bond donors (Lipinski definition) is 0. The van der Waals surface area contributed by atoms with Gasteiger partial charge in [0.2, 0.25) is 0 Å². The topological polar surface area (TPSA) is 53.4 Å². The van der Waals surface area contributed by atoms with E-state index in [9.17, 15) is 9.18 Å². The molecule has 5 nitrogen and oxygen atoms in total. The summed E-state index contributed by atoms with van der Waals surface area (Å²) in [4.78, 5) is 16.6. The first-order chi connectivity index (χ1) is 11.7. The van der Waals surface area contributed by atoms with Crippen molar-refractivity contribution in [2.24, 2.45) is 0 Å². The molecule has 0 saturated heterocycles. The Morgan fingerprint density at radius 2 is 2.08 bits per heavy atom. The van der Waals surface area contributed by atoms with Crippen molar-refractivity contribution in [1.29, 1.82) is 0 Å². The van der Waals surface area contributed by atoms with Gasteiger partial charge in [0, 0.05) is 13.2 Å². The van der Waals surface area contributed by atoms with Crippen molar-refractivity contribution in [3.8, 4) is 5.75 Å². The van der Waals surface area contributed by atoms with Gasteiger partial charge >= 0.3 is 0 Å². The molecule has 6 heteroatoms. The lowest BCUT2D eigenvalue weighted by Crippen LogP contribution is -2.22. The van der Waals surface area contributed by atoms with Crippen LogP contribution in [-0.4, -0.2) is 23.3 Å². The normalized spacial score (nSPS) is 10.9. The molecule has 0 bridgehead atoms.